The van der Waals surface area contributed by atoms with E-state index in [0.29, 0.717) is 17.1 Å². The number of nitrogens with zero attached hydrogens (tertiary/aromatic N) is 1. The molecule has 2 aromatic heterocycles. The van der Waals surface area contributed by atoms with Crippen LogP contribution in [0, 0.1) is 0 Å². The third-order valence-corrected chi connectivity index (χ3v) is 2.94. The van der Waals surface area contributed by atoms with Crippen LogP contribution < -0.4 is 5.73 Å². The van der Waals surface area contributed by atoms with Gasteiger partial charge in [-0.1, -0.05) is 35.5 Å². The molecule has 5 heteroatoms. The zero-order valence-corrected chi connectivity index (χ0v) is 10.0. The van der Waals surface area contributed by atoms with Gasteiger partial charge in [-0.2, -0.15) is 0 Å². The highest BCUT2D eigenvalue weighted by atomic mass is 35.5. The average molecular weight is 261 g/mol. The van der Waals surface area contributed by atoms with E-state index in [1.54, 1.807) is 6.07 Å². The molecule has 0 aliphatic rings. The molecule has 0 atom stereocenters. The third-order valence-electron chi connectivity index (χ3n) is 2.64. The summed E-state index contributed by atoms with van der Waals surface area (Å²) < 4.78 is 10.3. The van der Waals surface area contributed by atoms with Gasteiger partial charge in [-0.05, 0) is 23.2 Å². The second-order valence-corrected chi connectivity index (χ2v) is 4.09. The topological polar surface area (TPSA) is 65.2 Å². The maximum Gasteiger partial charge on any atom is 0.204 e. The van der Waals surface area contributed by atoms with Gasteiger partial charge < -0.3 is 14.7 Å². The minimum absolute atomic E-state index is 0.253. The first-order chi connectivity index (χ1) is 8.77. The average Bonchev–Trinajstić information content (AvgIpc) is 2.96. The van der Waals surface area contributed by atoms with Gasteiger partial charge >= 0.3 is 0 Å². The molecule has 2 N–H and O–H groups in total. The van der Waals surface area contributed by atoms with Crippen molar-refractivity contribution in [1.82, 2.24) is 5.16 Å². The van der Waals surface area contributed by atoms with Crippen molar-refractivity contribution < 1.29 is 8.94 Å². The van der Waals surface area contributed by atoms with Crippen LogP contribution in [0.25, 0.3) is 22.5 Å². The quantitative estimate of drug-likeness (QED) is 0.760. The summed E-state index contributed by atoms with van der Waals surface area (Å²) in [5.41, 5.74) is 8.13. The summed E-state index contributed by atoms with van der Waals surface area (Å²) in [6.45, 7) is 0. The Bertz CT molecular complexity index is 673. The molecule has 0 aliphatic heterocycles. The maximum atomic E-state index is 5.95. The Balaban J connectivity index is 2.22. The number of halogens is 1. The highest BCUT2D eigenvalue weighted by molar-refractivity contribution is 6.31. The highest BCUT2D eigenvalue weighted by Gasteiger charge is 2.20. The lowest BCUT2D eigenvalue weighted by molar-refractivity contribution is 0.435. The Labute approximate surface area is 108 Å². The van der Waals surface area contributed by atoms with Crippen molar-refractivity contribution in [3.05, 3.63) is 47.9 Å². The van der Waals surface area contributed by atoms with Gasteiger partial charge in [-0.25, -0.2) is 0 Å². The molecule has 90 valence electrons. The number of furan rings is 1. The molecule has 0 unspecified atom stereocenters. The van der Waals surface area contributed by atoms with E-state index >= 15 is 0 Å². The summed E-state index contributed by atoms with van der Waals surface area (Å²) in [6.07, 6.45) is 1.49. The molecule has 0 spiro atoms. The van der Waals surface area contributed by atoms with Crippen LogP contribution in [0.2, 0.25) is 5.22 Å². The van der Waals surface area contributed by atoms with E-state index in [1.807, 2.05) is 30.3 Å². The SMILES string of the molecule is Nc1noc(-c2ccoc2Cl)c1-c1ccccc1. The predicted octanol–water partition coefficient (Wildman–Crippen LogP) is 3.84. The molecule has 0 saturated carbocycles. The van der Waals surface area contributed by atoms with Crippen LogP contribution in [0.1, 0.15) is 0 Å². The second kappa shape index (κ2) is 4.23. The molecular formula is C13H9ClN2O2. The van der Waals surface area contributed by atoms with Crippen LogP contribution in [0.4, 0.5) is 5.82 Å². The Morgan fingerprint density at radius 2 is 1.89 bits per heavy atom. The first-order valence-electron chi connectivity index (χ1n) is 5.31. The van der Waals surface area contributed by atoms with Crippen LogP contribution >= 0.6 is 11.6 Å². The molecule has 0 fully saturated rings. The van der Waals surface area contributed by atoms with Crippen LogP contribution in [0.3, 0.4) is 0 Å². The number of nitrogens with two attached hydrogens (primary N) is 1. The van der Waals surface area contributed by atoms with Gasteiger partial charge in [0.1, 0.15) is 0 Å². The molecule has 0 bridgehead atoms. The fraction of sp³-hybridized carbons (Fsp3) is 0. The van der Waals surface area contributed by atoms with Gasteiger partial charge in [0.25, 0.3) is 0 Å². The fourth-order valence-electron chi connectivity index (χ4n) is 1.83. The fourth-order valence-corrected chi connectivity index (χ4v) is 2.03. The summed E-state index contributed by atoms with van der Waals surface area (Å²) in [5.74, 6) is 0.839. The molecule has 0 radical (unpaired) electrons. The maximum absolute atomic E-state index is 5.95. The predicted molar refractivity (Wildman–Crippen MR) is 69.1 cm³/mol. The van der Waals surface area contributed by atoms with Crippen molar-refractivity contribution in [3.8, 4) is 22.5 Å². The molecule has 1 aromatic carbocycles. The molecule has 4 nitrogen and oxygen atoms in total. The van der Waals surface area contributed by atoms with Crippen molar-refractivity contribution in [2.24, 2.45) is 0 Å². The molecule has 3 rings (SSSR count). The molecule has 0 saturated heterocycles. The van der Waals surface area contributed by atoms with Gasteiger partial charge in [0.05, 0.1) is 17.4 Å². The first-order valence-corrected chi connectivity index (χ1v) is 5.69. The van der Waals surface area contributed by atoms with Crippen LogP contribution in [-0.2, 0) is 0 Å². The number of rotatable bonds is 2. The van der Waals surface area contributed by atoms with Crippen molar-refractivity contribution in [2.75, 3.05) is 5.73 Å². The van der Waals surface area contributed by atoms with Gasteiger partial charge in [-0.3, -0.25) is 0 Å². The lowest BCUT2D eigenvalue weighted by Crippen LogP contribution is -1.88. The normalized spacial score (nSPS) is 10.7. The third kappa shape index (κ3) is 1.67. The second-order valence-electron chi connectivity index (χ2n) is 3.75. The smallest absolute Gasteiger partial charge is 0.204 e. The van der Waals surface area contributed by atoms with E-state index in [-0.39, 0.29) is 5.22 Å². The summed E-state index contributed by atoms with van der Waals surface area (Å²) in [4.78, 5) is 0. The van der Waals surface area contributed by atoms with Gasteiger partial charge in [0.15, 0.2) is 11.6 Å². The summed E-state index contributed by atoms with van der Waals surface area (Å²) in [5, 5.41) is 4.05. The molecule has 3 aromatic rings. The van der Waals surface area contributed by atoms with Crippen LogP contribution in [-0.4, -0.2) is 5.16 Å². The standard InChI is InChI=1S/C13H9ClN2O2/c14-12-9(6-7-17-12)11-10(13(15)16-18-11)8-4-2-1-3-5-8/h1-7H,(H2,15,16). The number of hydrogen-bond acceptors (Lipinski definition) is 4. The Hall–Kier alpha value is -2.20. The lowest BCUT2D eigenvalue weighted by Gasteiger charge is -2.00. The minimum Gasteiger partial charge on any atom is -0.452 e. The van der Waals surface area contributed by atoms with E-state index in [4.69, 9.17) is 26.3 Å². The molecule has 2 heterocycles. The summed E-state index contributed by atoms with van der Waals surface area (Å²) >= 11 is 5.95. The van der Waals surface area contributed by atoms with Gasteiger partial charge in [0, 0.05) is 0 Å². The Kier molecular flexibility index (Phi) is 2.57. The van der Waals surface area contributed by atoms with Crippen molar-refractivity contribution >= 4 is 17.4 Å². The van der Waals surface area contributed by atoms with E-state index < -0.39 is 0 Å². The summed E-state index contributed by atoms with van der Waals surface area (Å²) in [7, 11) is 0. The van der Waals surface area contributed by atoms with E-state index in [1.165, 1.54) is 6.26 Å². The van der Waals surface area contributed by atoms with Crippen molar-refractivity contribution in [2.45, 2.75) is 0 Å². The number of hydrogen-bond donors (Lipinski definition) is 1. The number of aromatic nitrogens is 1. The molecule has 0 aliphatic carbocycles. The zero-order valence-electron chi connectivity index (χ0n) is 9.26. The molecular weight excluding hydrogens is 252 g/mol. The number of benzene rings is 1. The lowest BCUT2D eigenvalue weighted by atomic mass is 10.0. The van der Waals surface area contributed by atoms with Crippen molar-refractivity contribution in [1.29, 1.82) is 0 Å². The molecule has 18 heavy (non-hydrogen) atoms. The Morgan fingerprint density at radius 3 is 2.56 bits per heavy atom. The molecule has 0 amide bonds. The van der Waals surface area contributed by atoms with Gasteiger partial charge in [0.2, 0.25) is 5.22 Å². The van der Waals surface area contributed by atoms with Crippen LogP contribution in [0.15, 0.2) is 51.6 Å². The highest BCUT2D eigenvalue weighted by Crippen LogP contribution is 2.39. The van der Waals surface area contributed by atoms with E-state index in [2.05, 4.69) is 5.16 Å². The van der Waals surface area contributed by atoms with E-state index in [0.717, 1.165) is 11.1 Å². The minimum atomic E-state index is 0.253. The van der Waals surface area contributed by atoms with Crippen molar-refractivity contribution in [3.63, 3.8) is 0 Å². The Morgan fingerprint density at radius 1 is 1.11 bits per heavy atom. The van der Waals surface area contributed by atoms with Gasteiger partial charge in [-0.15, -0.1) is 0 Å². The summed E-state index contributed by atoms with van der Waals surface area (Å²) in [6, 6.07) is 11.3. The first kappa shape index (κ1) is 10.9. The number of nitrogen functional groups attached to an aromatic ring is 1. The monoisotopic (exact) mass is 260 g/mol. The van der Waals surface area contributed by atoms with Crippen LogP contribution in [0.5, 0.6) is 0 Å². The zero-order chi connectivity index (χ0) is 12.5. The van der Waals surface area contributed by atoms with E-state index in [9.17, 15) is 0 Å². The number of anilines is 1. The largest absolute Gasteiger partial charge is 0.452 e.